The Bertz CT molecular complexity index is 858. The molecule has 0 saturated heterocycles. The van der Waals surface area contributed by atoms with Gasteiger partial charge < -0.3 is 4.74 Å². The van der Waals surface area contributed by atoms with E-state index in [1.165, 1.54) is 12.1 Å². The number of ether oxygens (including phenoxy) is 1. The van der Waals surface area contributed by atoms with Gasteiger partial charge in [0.2, 0.25) is 0 Å². The molecule has 1 aliphatic rings. The Morgan fingerprint density at radius 2 is 1.62 bits per heavy atom. The third-order valence-corrected chi connectivity index (χ3v) is 3.95. The fraction of sp³-hybridized carbons (Fsp3) is 0.235. The highest BCUT2D eigenvalue weighted by atomic mass is 19.4. The largest absolute Gasteiger partial charge is 0.475 e. The zero-order chi connectivity index (χ0) is 18.1. The van der Waals surface area contributed by atoms with Crippen LogP contribution in [0, 0.1) is 34.0 Å². The van der Waals surface area contributed by atoms with E-state index < -0.39 is 17.3 Å². The lowest BCUT2D eigenvalue weighted by atomic mass is 9.87. The maximum absolute atomic E-state index is 12.7. The fourth-order valence-corrected chi connectivity index (χ4v) is 2.43. The number of allylic oxidation sites excluding steroid dienone is 2. The van der Waals surface area contributed by atoms with E-state index >= 15 is 0 Å². The predicted octanol–water partition coefficient (Wildman–Crippen LogP) is 4.09. The van der Waals surface area contributed by atoms with Gasteiger partial charge in [0.05, 0.1) is 11.1 Å². The molecule has 1 unspecified atom stereocenters. The molecule has 0 spiro atoms. The van der Waals surface area contributed by atoms with Crippen molar-refractivity contribution in [2.24, 2.45) is 0 Å². The maximum Gasteiger partial charge on any atom is 0.416 e. The highest BCUT2D eigenvalue weighted by Gasteiger charge is 2.43. The molecule has 0 radical (unpaired) electrons. The molecule has 1 aromatic rings. The molecule has 0 N–H and O–H groups in total. The van der Waals surface area contributed by atoms with Gasteiger partial charge in [-0.1, -0.05) is 12.1 Å². The molecule has 4 nitrogen and oxygen atoms in total. The number of halogens is 3. The molecule has 0 fully saturated rings. The monoisotopic (exact) mass is 329 g/mol. The van der Waals surface area contributed by atoms with E-state index in [1.807, 2.05) is 6.07 Å². The van der Waals surface area contributed by atoms with Crippen LogP contribution >= 0.6 is 0 Å². The molecule has 0 bridgehead atoms. The highest BCUT2D eigenvalue weighted by molar-refractivity contribution is 5.58. The van der Waals surface area contributed by atoms with Gasteiger partial charge in [-0.3, -0.25) is 0 Å². The molecule has 0 amide bonds. The molecule has 0 aromatic heterocycles. The zero-order valence-corrected chi connectivity index (χ0v) is 12.7. The van der Waals surface area contributed by atoms with Crippen LogP contribution in [-0.2, 0) is 16.5 Å². The second-order valence-corrected chi connectivity index (χ2v) is 5.25. The first kappa shape index (κ1) is 17.1. The molecule has 120 valence electrons. The smallest absolute Gasteiger partial charge is 0.416 e. The minimum Gasteiger partial charge on any atom is -0.475 e. The van der Waals surface area contributed by atoms with Crippen LogP contribution in [0.2, 0.25) is 0 Å². The van der Waals surface area contributed by atoms with E-state index in [9.17, 15) is 18.4 Å². The Morgan fingerprint density at radius 3 is 2.04 bits per heavy atom. The summed E-state index contributed by atoms with van der Waals surface area (Å²) >= 11 is 0. The predicted molar refractivity (Wildman–Crippen MR) is 76.4 cm³/mol. The molecule has 1 atom stereocenters. The highest BCUT2D eigenvalue weighted by Crippen LogP contribution is 2.46. The van der Waals surface area contributed by atoms with Crippen LogP contribution in [0.15, 0.2) is 46.7 Å². The van der Waals surface area contributed by atoms with Gasteiger partial charge >= 0.3 is 6.18 Å². The Labute approximate surface area is 136 Å². The number of alkyl halides is 3. The first-order valence-corrected chi connectivity index (χ1v) is 6.72. The molecule has 24 heavy (non-hydrogen) atoms. The van der Waals surface area contributed by atoms with Gasteiger partial charge in [0.15, 0.2) is 16.9 Å². The van der Waals surface area contributed by atoms with Crippen LogP contribution in [0.4, 0.5) is 13.2 Å². The first-order chi connectivity index (χ1) is 11.2. The van der Waals surface area contributed by atoms with Crippen LogP contribution < -0.4 is 0 Å². The summed E-state index contributed by atoms with van der Waals surface area (Å²) in [5.74, 6) is -0.151. The van der Waals surface area contributed by atoms with E-state index in [4.69, 9.17) is 15.3 Å². The van der Waals surface area contributed by atoms with Crippen molar-refractivity contribution in [1.82, 2.24) is 0 Å². The molecule has 7 heteroatoms. The number of rotatable bonds is 1. The fourth-order valence-electron chi connectivity index (χ4n) is 2.43. The van der Waals surface area contributed by atoms with E-state index in [1.54, 1.807) is 26.0 Å². The van der Waals surface area contributed by atoms with Crippen molar-refractivity contribution >= 4 is 0 Å². The second-order valence-electron chi connectivity index (χ2n) is 5.25. The van der Waals surface area contributed by atoms with Gasteiger partial charge in [0, 0.05) is 0 Å². The van der Waals surface area contributed by atoms with Crippen LogP contribution in [0.3, 0.4) is 0 Å². The minimum absolute atomic E-state index is 0.0375. The standard InChI is InChI=1S/C17H10F3N3O/c1-10-14(9-23)15(11(7-21)8-22)24-16(10,2)12-3-5-13(6-4-12)17(18,19)20/h3-6H,1-2H3. The van der Waals surface area contributed by atoms with Gasteiger partial charge in [0.25, 0.3) is 0 Å². The van der Waals surface area contributed by atoms with Gasteiger partial charge in [0.1, 0.15) is 18.2 Å². The minimum atomic E-state index is -4.46. The number of hydrogen-bond donors (Lipinski definition) is 0. The van der Waals surface area contributed by atoms with Gasteiger partial charge in [-0.2, -0.15) is 29.0 Å². The topological polar surface area (TPSA) is 80.6 Å². The van der Waals surface area contributed by atoms with E-state index in [2.05, 4.69) is 0 Å². The number of benzene rings is 1. The van der Waals surface area contributed by atoms with E-state index in [0.717, 1.165) is 12.1 Å². The van der Waals surface area contributed by atoms with Crippen molar-refractivity contribution in [2.75, 3.05) is 0 Å². The molecule has 0 saturated carbocycles. The Balaban J connectivity index is 2.59. The van der Waals surface area contributed by atoms with Crippen molar-refractivity contribution in [3.8, 4) is 18.2 Å². The Hall–Kier alpha value is -3.24. The second kappa shape index (κ2) is 5.76. The maximum atomic E-state index is 12.7. The lowest BCUT2D eigenvalue weighted by Gasteiger charge is -2.27. The van der Waals surface area contributed by atoms with Crippen LogP contribution in [0.5, 0.6) is 0 Å². The van der Waals surface area contributed by atoms with Gasteiger partial charge in [-0.05, 0) is 37.1 Å². The average molecular weight is 329 g/mol. The molecule has 0 aliphatic carbocycles. The Kier molecular flexibility index (Phi) is 4.11. The summed E-state index contributed by atoms with van der Waals surface area (Å²) in [7, 11) is 0. The third kappa shape index (κ3) is 2.59. The van der Waals surface area contributed by atoms with Crippen LogP contribution in [0.1, 0.15) is 25.0 Å². The van der Waals surface area contributed by atoms with Gasteiger partial charge in [-0.15, -0.1) is 0 Å². The molecular weight excluding hydrogens is 319 g/mol. The van der Waals surface area contributed by atoms with Crippen molar-refractivity contribution in [3.05, 3.63) is 57.9 Å². The first-order valence-electron chi connectivity index (χ1n) is 6.72. The van der Waals surface area contributed by atoms with Crippen LogP contribution in [-0.4, -0.2) is 0 Å². The van der Waals surface area contributed by atoms with Crippen molar-refractivity contribution in [1.29, 1.82) is 15.8 Å². The molecule has 1 heterocycles. The lowest BCUT2D eigenvalue weighted by molar-refractivity contribution is -0.137. The van der Waals surface area contributed by atoms with E-state index in [0.29, 0.717) is 11.1 Å². The number of hydrogen-bond acceptors (Lipinski definition) is 4. The third-order valence-electron chi connectivity index (χ3n) is 3.95. The van der Waals surface area contributed by atoms with E-state index in [-0.39, 0.29) is 16.9 Å². The van der Waals surface area contributed by atoms with Crippen LogP contribution in [0.25, 0.3) is 0 Å². The molecular formula is C17H10F3N3O. The van der Waals surface area contributed by atoms with Crippen molar-refractivity contribution in [2.45, 2.75) is 25.6 Å². The SMILES string of the molecule is CC1=C(C#N)C(=C(C#N)C#N)OC1(C)c1ccc(C(F)(F)F)cc1. The van der Waals surface area contributed by atoms with Crippen molar-refractivity contribution < 1.29 is 17.9 Å². The molecule has 2 rings (SSSR count). The number of nitriles is 3. The molecule has 1 aliphatic heterocycles. The molecule has 1 aromatic carbocycles. The summed E-state index contributed by atoms with van der Waals surface area (Å²) in [6.07, 6.45) is -4.46. The normalized spacial score (nSPS) is 20.0. The number of nitrogens with zero attached hydrogens (tertiary/aromatic N) is 3. The Morgan fingerprint density at radius 1 is 1.08 bits per heavy atom. The summed E-state index contributed by atoms with van der Waals surface area (Å²) in [4.78, 5) is 0. The summed E-state index contributed by atoms with van der Waals surface area (Å²) in [5, 5.41) is 27.3. The summed E-state index contributed by atoms with van der Waals surface area (Å²) in [6.45, 7) is 3.15. The quantitative estimate of drug-likeness (QED) is 0.727. The zero-order valence-electron chi connectivity index (χ0n) is 12.7. The lowest BCUT2D eigenvalue weighted by Crippen LogP contribution is -2.23. The summed E-state index contributed by atoms with van der Waals surface area (Å²) in [5.41, 5.74) is -1.56. The summed E-state index contributed by atoms with van der Waals surface area (Å²) < 4.78 is 43.7. The van der Waals surface area contributed by atoms with Gasteiger partial charge in [-0.25, -0.2) is 0 Å². The average Bonchev–Trinajstić information content (AvgIpc) is 2.80. The summed E-state index contributed by atoms with van der Waals surface area (Å²) in [6, 6.07) is 9.54. The van der Waals surface area contributed by atoms with Crippen molar-refractivity contribution in [3.63, 3.8) is 0 Å².